The Labute approximate surface area is 180 Å². The number of carbonyl (C=O) groups is 1. The van der Waals surface area contributed by atoms with Crippen molar-refractivity contribution in [1.29, 1.82) is 0 Å². The molecule has 30 heavy (non-hydrogen) atoms. The molecule has 0 aliphatic heterocycles. The van der Waals surface area contributed by atoms with E-state index in [0.717, 1.165) is 43.2 Å². The van der Waals surface area contributed by atoms with Crippen LogP contribution in [0.4, 0.5) is 4.79 Å². The number of carboxylic acid groups (broad SMARTS) is 1. The van der Waals surface area contributed by atoms with Gasteiger partial charge in [-0.25, -0.2) is 4.79 Å². The summed E-state index contributed by atoms with van der Waals surface area (Å²) in [4.78, 5) is 12.9. The van der Waals surface area contributed by atoms with Crippen molar-refractivity contribution in [3.8, 4) is 11.5 Å². The molecule has 1 aliphatic rings. The van der Waals surface area contributed by atoms with Crippen molar-refractivity contribution < 1.29 is 20.1 Å². The summed E-state index contributed by atoms with van der Waals surface area (Å²) in [5.41, 5.74) is 4.19. The minimum absolute atomic E-state index is 0.0309. The molecule has 5 heteroatoms. The number of aromatic hydroxyl groups is 2. The Kier molecular flexibility index (Phi) is 8.39. The molecule has 0 fully saturated rings. The van der Waals surface area contributed by atoms with Gasteiger partial charge in [-0.05, 0) is 64.0 Å². The van der Waals surface area contributed by atoms with Crippen molar-refractivity contribution in [2.24, 2.45) is 5.92 Å². The van der Waals surface area contributed by atoms with E-state index in [1.54, 1.807) is 13.0 Å². The number of benzene rings is 1. The number of aryl methyl sites for hydroxylation is 1. The number of phenolic OH excluding ortho intramolecular Hbond substituents is 2. The van der Waals surface area contributed by atoms with Gasteiger partial charge in [-0.2, -0.15) is 0 Å². The summed E-state index contributed by atoms with van der Waals surface area (Å²) in [5.74, 6) is 0.0809. The molecular formula is C25H37NO4. The molecule has 0 radical (unpaired) electrons. The van der Waals surface area contributed by atoms with Gasteiger partial charge in [0.25, 0.3) is 0 Å². The van der Waals surface area contributed by atoms with Crippen LogP contribution in [0.2, 0.25) is 0 Å². The van der Waals surface area contributed by atoms with Gasteiger partial charge in [0.1, 0.15) is 11.5 Å². The summed E-state index contributed by atoms with van der Waals surface area (Å²) in [6.45, 7) is 12.5. The Bertz CT molecular complexity index is 812. The van der Waals surface area contributed by atoms with Gasteiger partial charge in [0, 0.05) is 23.6 Å². The number of hydrogen-bond donors (Lipinski definition) is 3. The maximum Gasteiger partial charge on any atom is 0.407 e. The summed E-state index contributed by atoms with van der Waals surface area (Å²) in [6, 6.07) is 1.74. The van der Waals surface area contributed by atoms with E-state index in [1.165, 1.54) is 10.5 Å². The Morgan fingerprint density at radius 1 is 1.27 bits per heavy atom. The molecule has 1 aliphatic carbocycles. The molecule has 2 rings (SSSR count). The van der Waals surface area contributed by atoms with Crippen LogP contribution >= 0.6 is 0 Å². The van der Waals surface area contributed by atoms with Gasteiger partial charge in [-0.15, -0.1) is 0 Å². The minimum atomic E-state index is -1.01. The third-order valence-electron chi connectivity index (χ3n) is 6.28. The number of rotatable bonds is 9. The summed E-state index contributed by atoms with van der Waals surface area (Å²) in [5, 5.41) is 31.8. The highest BCUT2D eigenvalue weighted by molar-refractivity contribution is 5.66. The van der Waals surface area contributed by atoms with Crippen LogP contribution in [-0.2, 0) is 13.0 Å². The Balaban J connectivity index is 2.60. The predicted molar refractivity (Wildman–Crippen MR) is 121 cm³/mol. The highest BCUT2D eigenvalue weighted by atomic mass is 16.4. The lowest BCUT2D eigenvalue weighted by Crippen LogP contribution is -2.29. The van der Waals surface area contributed by atoms with Crippen LogP contribution in [0.15, 0.2) is 29.9 Å². The van der Waals surface area contributed by atoms with Crippen molar-refractivity contribution >= 4 is 6.09 Å². The van der Waals surface area contributed by atoms with Crippen LogP contribution in [-0.4, -0.2) is 32.9 Å². The summed E-state index contributed by atoms with van der Waals surface area (Å²) < 4.78 is 0. The van der Waals surface area contributed by atoms with Crippen LogP contribution in [0.3, 0.4) is 0 Å². The first kappa shape index (κ1) is 23.8. The molecule has 0 heterocycles. The number of unbranched alkanes of at least 4 members (excludes halogenated alkanes) is 2. The number of phenols is 2. The number of hydrogen-bond acceptors (Lipinski definition) is 3. The SMILES string of the molecule is C=C(C)C1CCC(C)=CC1c1c(O)cc(CCCCC)c(CN(CC)C(=O)O)c1O. The molecule has 1 aromatic carbocycles. The average Bonchev–Trinajstić information content (AvgIpc) is 2.67. The summed E-state index contributed by atoms with van der Waals surface area (Å²) in [6.07, 6.45) is 6.73. The third-order valence-corrected chi connectivity index (χ3v) is 6.28. The summed E-state index contributed by atoms with van der Waals surface area (Å²) in [7, 11) is 0. The van der Waals surface area contributed by atoms with E-state index < -0.39 is 6.09 Å². The first-order valence-electron chi connectivity index (χ1n) is 11.1. The lowest BCUT2D eigenvalue weighted by atomic mass is 9.73. The highest BCUT2D eigenvalue weighted by Crippen LogP contribution is 2.48. The molecule has 2 atom stereocenters. The molecule has 5 nitrogen and oxygen atoms in total. The molecular weight excluding hydrogens is 378 g/mol. The smallest absolute Gasteiger partial charge is 0.407 e. The fraction of sp³-hybridized carbons (Fsp3) is 0.560. The molecule has 3 N–H and O–H groups in total. The van der Waals surface area contributed by atoms with E-state index in [-0.39, 0.29) is 29.9 Å². The summed E-state index contributed by atoms with van der Waals surface area (Å²) >= 11 is 0. The number of amides is 1. The molecule has 0 bridgehead atoms. The number of nitrogens with zero attached hydrogens (tertiary/aromatic N) is 1. The van der Waals surface area contributed by atoms with E-state index in [0.29, 0.717) is 24.1 Å². The van der Waals surface area contributed by atoms with Gasteiger partial charge in [0.05, 0.1) is 6.54 Å². The van der Waals surface area contributed by atoms with Crippen molar-refractivity contribution in [3.05, 3.63) is 46.6 Å². The maximum atomic E-state index is 11.6. The average molecular weight is 416 g/mol. The van der Waals surface area contributed by atoms with E-state index in [1.807, 2.05) is 6.92 Å². The standard InChI is InChI=1S/C25H37NO4/c1-6-8-9-10-18-14-22(27)23(20-13-17(5)11-12-19(20)16(3)4)24(28)21(18)15-26(7-2)25(29)30/h13-14,19-20,27-28H,3,6-12,15H2,1-2,4-5H3,(H,29,30). The van der Waals surface area contributed by atoms with Crippen LogP contribution in [0.5, 0.6) is 11.5 Å². The zero-order valence-corrected chi connectivity index (χ0v) is 18.9. The van der Waals surface area contributed by atoms with Gasteiger partial charge in [-0.3, -0.25) is 0 Å². The van der Waals surface area contributed by atoms with Crippen molar-refractivity contribution in [2.75, 3.05) is 6.54 Å². The molecule has 166 valence electrons. The van der Waals surface area contributed by atoms with Gasteiger partial charge in [-0.1, -0.05) is 43.6 Å². The van der Waals surface area contributed by atoms with Gasteiger partial charge >= 0.3 is 6.09 Å². The van der Waals surface area contributed by atoms with Gasteiger partial charge < -0.3 is 20.2 Å². The third kappa shape index (κ3) is 5.38. The minimum Gasteiger partial charge on any atom is -0.507 e. The second-order valence-electron chi connectivity index (χ2n) is 8.58. The van der Waals surface area contributed by atoms with Gasteiger partial charge in [0.2, 0.25) is 0 Å². The predicted octanol–water partition coefficient (Wildman–Crippen LogP) is 6.35. The lowest BCUT2D eigenvalue weighted by Gasteiger charge is -2.32. The Morgan fingerprint density at radius 2 is 1.97 bits per heavy atom. The van der Waals surface area contributed by atoms with E-state index >= 15 is 0 Å². The first-order valence-corrected chi connectivity index (χ1v) is 11.1. The molecule has 0 saturated heterocycles. The quantitative estimate of drug-likeness (QED) is 0.324. The molecule has 2 unspecified atom stereocenters. The molecule has 0 saturated carbocycles. The van der Waals surface area contributed by atoms with Crippen LogP contribution < -0.4 is 0 Å². The molecule has 1 amide bonds. The van der Waals surface area contributed by atoms with E-state index in [9.17, 15) is 20.1 Å². The first-order chi connectivity index (χ1) is 14.2. The van der Waals surface area contributed by atoms with Crippen LogP contribution in [0.25, 0.3) is 0 Å². The molecule has 1 aromatic rings. The zero-order chi connectivity index (χ0) is 22.4. The topological polar surface area (TPSA) is 81.0 Å². The fourth-order valence-corrected chi connectivity index (χ4v) is 4.47. The van der Waals surface area contributed by atoms with Crippen LogP contribution in [0.1, 0.15) is 82.4 Å². The lowest BCUT2D eigenvalue weighted by molar-refractivity contribution is 0.144. The van der Waals surface area contributed by atoms with Crippen molar-refractivity contribution in [1.82, 2.24) is 4.90 Å². The second-order valence-corrected chi connectivity index (χ2v) is 8.58. The van der Waals surface area contributed by atoms with E-state index in [2.05, 4.69) is 26.5 Å². The normalized spacial score (nSPS) is 18.7. The van der Waals surface area contributed by atoms with E-state index in [4.69, 9.17) is 0 Å². The fourth-order valence-electron chi connectivity index (χ4n) is 4.47. The zero-order valence-electron chi connectivity index (χ0n) is 18.9. The Hall–Kier alpha value is -2.43. The van der Waals surface area contributed by atoms with Gasteiger partial charge in [0.15, 0.2) is 0 Å². The maximum absolute atomic E-state index is 11.6. The molecule has 0 spiro atoms. The Morgan fingerprint density at radius 3 is 2.53 bits per heavy atom. The van der Waals surface area contributed by atoms with Crippen molar-refractivity contribution in [2.45, 2.75) is 78.7 Å². The molecule has 0 aromatic heterocycles. The number of allylic oxidation sites excluding steroid dienone is 3. The second kappa shape index (κ2) is 10.6. The highest BCUT2D eigenvalue weighted by Gasteiger charge is 2.32. The largest absolute Gasteiger partial charge is 0.507 e. The van der Waals surface area contributed by atoms with Crippen molar-refractivity contribution in [3.63, 3.8) is 0 Å². The van der Waals surface area contributed by atoms with Crippen LogP contribution in [0, 0.1) is 5.92 Å². The monoisotopic (exact) mass is 415 g/mol.